The lowest BCUT2D eigenvalue weighted by Crippen LogP contribution is -2.45. The second-order valence-corrected chi connectivity index (χ2v) is 5.82. The molecule has 1 aliphatic rings. The molecular formula is C18H20N2O3. The van der Waals surface area contributed by atoms with Crippen LogP contribution in [0.3, 0.4) is 0 Å². The number of benzene rings is 2. The van der Waals surface area contributed by atoms with Crippen LogP contribution in [0.15, 0.2) is 54.6 Å². The molecule has 0 amide bonds. The first-order valence-electron chi connectivity index (χ1n) is 7.52. The van der Waals surface area contributed by atoms with E-state index in [0.29, 0.717) is 17.0 Å². The highest BCUT2D eigenvalue weighted by molar-refractivity contribution is 6.01. The highest BCUT2D eigenvalue weighted by atomic mass is 16.6. The fourth-order valence-electron chi connectivity index (χ4n) is 3.11. The molecule has 0 spiro atoms. The predicted octanol–water partition coefficient (Wildman–Crippen LogP) is 2.96. The quantitative estimate of drug-likeness (QED) is 0.699. The molecule has 2 aromatic carbocycles. The van der Waals surface area contributed by atoms with Gasteiger partial charge >= 0.3 is 0 Å². The van der Waals surface area contributed by atoms with E-state index in [1.165, 1.54) is 0 Å². The summed E-state index contributed by atoms with van der Waals surface area (Å²) in [5.74, 6) is 0.706. The fraction of sp³-hybridized carbons (Fsp3) is 0.278. The number of hydrogen-bond acceptors (Lipinski definition) is 4. The van der Waals surface area contributed by atoms with Crippen molar-refractivity contribution in [3.8, 4) is 5.75 Å². The van der Waals surface area contributed by atoms with Crippen molar-refractivity contribution < 1.29 is 14.7 Å². The summed E-state index contributed by atoms with van der Waals surface area (Å²) in [7, 11) is 1.59. The maximum Gasteiger partial charge on any atom is 0.274 e. The molecule has 0 saturated carbocycles. The molecule has 120 valence electrons. The van der Waals surface area contributed by atoms with E-state index in [9.17, 15) is 10.4 Å². The molecule has 3 rings (SSSR count). The number of hydrogen-bond donors (Lipinski definition) is 1. The van der Waals surface area contributed by atoms with Gasteiger partial charge in [-0.1, -0.05) is 18.2 Å². The molecule has 0 saturated heterocycles. The summed E-state index contributed by atoms with van der Waals surface area (Å²) >= 11 is 0. The van der Waals surface area contributed by atoms with Gasteiger partial charge in [0.2, 0.25) is 5.71 Å². The van der Waals surface area contributed by atoms with Gasteiger partial charge in [0.1, 0.15) is 11.8 Å². The van der Waals surface area contributed by atoms with E-state index in [1.807, 2.05) is 37.3 Å². The van der Waals surface area contributed by atoms with Gasteiger partial charge in [0, 0.05) is 18.1 Å². The first kappa shape index (κ1) is 15.5. The molecule has 0 unspecified atom stereocenters. The van der Waals surface area contributed by atoms with Gasteiger partial charge in [0.25, 0.3) is 5.66 Å². The van der Waals surface area contributed by atoms with Gasteiger partial charge in [-0.2, -0.15) is 4.74 Å². The largest absolute Gasteiger partial charge is 0.622 e. The minimum absolute atomic E-state index is 0.415. The number of hydroxylamine groups is 3. The van der Waals surface area contributed by atoms with Gasteiger partial charge in [0.15, 0.2) is 0 Å². The van der Waals surface area contributed by atoms with Crippen LogP contribution in [-0.2, 0) is 5.66 Å². The van der Waals surface area contributed by atoms with Crippen molar-refractivity contribution in [2.24, 2.45) is 0 Å². The van der Waals surface area contributed by atoms with Crippen LogP contribution in [0, 0.1) is 5.21 Å². The minimum atomic E-state index is -1.18. The lowest BCUT2D eigenvalue weighted by molar-refractivity contribution is -0.595. The Morgan fingerprint density at radius 2 is 1.74 bits per heavy atom. The van der Waals surface area contributed by atoms with E-state index in [0.717, 1.165) is 15.4 Å². The van der Waals surface area contributed by atoms with Gasteiger partial charge in [-0.15, -0.1) is 5.06 Å². The molecule has 0 aliphatic carbocycles. The van der Waals surface area contributed by atoms with Crippen molar-refractivity contribution in [1.82, 2.24) is 5.06 Å². The van der Waals surface area contributed by atoms with Gasteiger partial charge < -0.3 is 15.2 Å². The molecule has 5 heteroatoms. The SMILES string of the molecule is COc1ccc([C@@]2(C)N(O)[C@@H](C)C(c3ccccc3)=[N+]2[O-])cc1. The number of methoxy groups -OCH3 is 1. The van der Waals surface area contributed by atoms with E-state index >= 15 is 0 Å². The molecule has 0 aromatic heterocycles. The molecule has 1 aliphatic heterocycles. The highest BCUT2D eigenvalue weighted by Gasteiger charge is 2.54. The highest BCUT2D eigenvalue weighted by Crippen LogP contribution is 2.36. The Balaban J connectivity index is 2.12. The number of nitrogens with zero attached hydrogens (tertiary/aromatic N) is 2. The van der Waals surface area contributed by atoms with Gasteiger partial charge in [-0.3, -0.25) is 0 Å². The van der Waals surface area contributed by atoms with Crippen LogP contribution in [0.4, 0.5) is 0 Å². The monoisotopic (exact) mass is 312 g/mol. The normalized spacial score (nSPS) is 25.0. The minimum Gasteiger partial charge on any atom is -0.622 e. The molecule has 23 heavy (non-hydrogen) atoms. The van der Waals surface area contributed by atoms with Crippen LogP contribution in [-0.4, -0.2) is 33.9 Å². The van der Waals surface area contributed by atoms with E-state index < -0.39 is 11.7 Å². The van der Waals surface area contributed by atoms with Crippen molar-refractivity contribution in [3.63, 3.8) is 0 Å². The third kappa shape index (κ3) is 2.29. The molecule has 1 heterocycles. The van der Waals surface area contributed by atoms with E-state index in [4.69, 9.17) is 4.74 Å². The van der Waals surface area contributed by atoms with Gasteiger partial charge in [-0.05, 0) is 43.3 Å². The topological polar surface area (TPSA) is 58.8 Å². The van der Waals surface area contributed by atoms with Gasteiger partial charge in [-0.25, -0.2) is 0 Å². The smallest absolute Gasteiger partial charge is 0.274 e. The Morgan fingerprint density at radius 3 is 2.30 bits per heavy atom. The molecule has 0 fully saturated rings. The van der Waals surface area contributed by atoms with Gasteiger partial charge in [0.05, 0.1) is 7.11 Å². The summed E-state index contributed by atoms with van der Waals surface area (Å²) in [6.07, 6.45) is 0. The summed E-state index contributed by atoms with van der Waals surface area (Å²) in [6.45, 7) is 3.54. The van der Waals surface area contributed by atoms with Crippen molar-refractivity contribution in [2.45, 2.75) is 25.6 Å². The fourth-order valence-corrected chi connectivity index (χ4v) is 3.11. The molecule has 0 radical (unpaired) electrons. The first-order valence-corrected chi connectivity index (χ1v) is 7.52. The molecule has 0 bridgehead atoms. The maximum absolute atomic E-state index is 13.1. The second kappa shape index (κ2) is 5.68. The summed E-state index contributed by atoms with van der Waals surface area (Å²) in [5, 5.41) is 24.8. The van der Waals surface area contributed by atoms with Crippen LogP contribution in [0.1, 0.15) is 25.0 Å². The Morgan fingerprint density at radius 1 is 1.13 bits per heavy atom. The molecular weight excluding hydrogens is 292 g/mol. The Hall–Kier alpha value is -2.37. The summed E-state index contributed by atoms with van der Waals surface area (Å²) < 4.78 is 6.05. The molecule has 2 atom stereocenters. The van der Waals surface area contributed by atoms with Crippen molar-refractivity contribution in [1.29, 1.82) is 0 Å². The van der Waals surface area contributed by atoms with Crippen molar-refractivity contribution >= 4 is 5.71 Å². The average Bonchev–Trinajstić information content (AvgIpc) is 2.77. The Labute approximate surface area is 135 Å². The third-order valence-electron chi connectivity index (χ3n) is 4.53. The Bertz CT molecular complexity index is 728. The lowest BCUT2D eigenvalue weighted by Gasteiger charge is -2.29. The van der Waals surface area contributed by atoms with Crippen molar-refractivity contribution in [2.75, 3.05) is 7.11 Å². The zero-order valence-electron chi connectivity index (χ0n) is 13.4. The van der Waals surface area contributed by atoms with Crippen LogP contribution < -0.4 is 4.74 Å². The summed E-state index contributed by atoms with van der Waals surface area (Å²) in [6, 6.07) is 16.2. The molecule has 5 nitrogen and oxygen atoms in total. The van der Waals surface area contributed by atoms with Crippen LogP contribution in [0.25, 0.3) is 0 Å². The van der Waals surface area contributed by atoms with E-state index in [-0.39, 0.29) is 0 Å². The third-order valence-corrected chi connectivity index (χ3v) is 4.53. The van der Waals surface area contributed by atoms with Crippen LogP contribution >= 0.6 is 0 Å². The van der Waals surface area contributed by atoms with E-state index in [2.05, 4.69) is 0 Å². The maximum atomic E-state index is 13.1. The molecule has 1 N–H and O–H groups in total. The summed E-state index contributed by atoms with van der Waals surface area (Å²) in [4.78, 5) is 0. The van der Waals surface area contributed by atoms with E-state index in [1.54, 1.807) is 38.3 Å². The Kier molecular flexibility index (Phi) is 3.83. The standard InChI is InChI=1S/C18H20N2O3/c1-13-17(14-7-5-4-6-8-14)20(22)18(2,19(13)21)15-9-11-16(23-3)12-10-15/h4-13,21H,1-3H3/t13-,18-/m0/s1. The molecule has 2 aromatic rings. The van der Waals surface area contributed by atoms with Crippen LogP contribution in [0.2, 0.25) is 0 Å². The van der Waals surface area contributed by atoms with Crippen LogP contribution in [0.5, 0.6) is 5.75 Å². The first-order chi connectivity index (χ1) is 11.0. The summed E-state index contributed by atoms with van der Waals surface area (Å²) in [5.41, 5.74) is 0.878. The zero-order valence-corrected chi connectivity index (χ0v) is 13.4. The second-order valence-electron chi connectivity index (χ2n) is 5.82. The zero-order chi connectivity index (χ0) is 16.6. The number of ether oxygens (including phenoxy) is 1. The average molecular weight is 312 g/mol. The number of rotatable bonds is 3. The predicted molar refractivity (Wildman–Crippen MR) is 87.6 cm³/mol. The van der Waals surface area contributed by atoms with Crippen molar-refractivity contribution in [3.05, 3.63) is 70.9 Å². The lowest BCUT2D eigenvalue weighted by atomic mass is 10.0.